The Bertz CT molecular complexity index is 833. The molecular weight excluding hydrogens is 661 g/mol. The van der Waals surface area contributed by atoms with Crippen LogP contribution >= 0.6 is 7.82 Å². The lowest BCUT2D eigenvalue weighted by Crippen LogP contribution is -2.37. The molecule has 0 heterocycles. The van der Waals surface area contributed by atoms with Crippen LogP contribution in [0.1, 0.15) is 194 Å². The van der Waals surface area contributed by atoms with E-state index in [9.17, 15) is 14.3 Å². The summed E-state index contributed by atoms with van der Waals surface area (Å²) in [7, 11) is 1.36. The van der Waals surface area contributed by atoms with E-state index in [2.05, 4.69) is 26.0 Å². The SMILES string of the molecule is CCCCC/C=C\CCCCCCCC(=O)OC(COCCCCCCCCCCCCCCCCCCC)COP(=O)([O-])OCC[N+](C)(C)C. The van der Waals surface area contributed by atoms with Crippen LogP contribution in [0.5, 0.6) is 0 Å². The molecule has 0 saturated heterocycles. The molecule has 9 heteroatoms. The van der Waals surface area contributed by atoms with Crippen LogP contribution in [-0.2, 0) is 27.9 Å². The molecule has 0 amide bonds. The topological polar surface area (TPSA) is 94.1 Å². The molecule has 0 radical (unpaired) electrons. The molecule has 0 saturated carbocycles. The van der Waals surface area contributed by atoms with Crippen LogP contribution in [0.2, 0.25) is 0 Å². The van der Waals surface area contributed by atoms with E-state index < -0.39 is 13.9 Å². The molecular formula is C42H84NO7P. The van der Waals surface area contributed by atoms with E-state index in [1.807, 2.05) is 21.1 Å². The Kier molecular flexibility index (Phi) is 35.7. The molecule has 0 aliphatic rings. The molecule has 0 spiro atoms. The summed E-state index contributed by atoms with van der Waals surface area (Å²) in [6.45, 7) is 5.41. The highest BCUT2D eigenvalue weighted by Crippen LogP contribution is 2.38. The molecule has 0 bridgehead atoms. The van der Waals surface area contributed by atoms with Crippen LogP contribution in [0.25, 0.3) is 0 Å². The number of unbranched alkanes of at least 4 members (excludes halogenated alkanes) is 24. The molecule has 0 aliphatic heterocycles. The molecule has 0 aliphatic carbocycles. The number of hydrogen-bond donors (Lipinski definition) is 0. The Morgan fingerprint density at radius 2 is 1.02 bits per heavy atom. The van der Waals surface area contributed by atoms with Crippen LogP contribution in [0.4, 0.5) is 0 Å². The number of likely N-dealkylation sites (N-methyl/N-ethyl adjacent to an activating group) is 1. The van der Waals surface area contributed by atoms with Gasteiger partial charge in [0.05, 0.1) is 34.4 Å². The number of rotatable bonds is 40. The van der Waals surface area contributed by atoms with Gasteiger partial charge < -0.3 is 27.9 Å². The first-order chi connectivity index (χ1) is 24.6. The summed E-state index contributed by atoms with van der Waals surface area (Å²) in [4.78, 5) is 25.0. The quantitative estimate of drug-likeness (QED) is 0.0203. The fraction of sp³-hybridized carbons (Fsp3) is 0.929. The van der Waals surface area contributed by atoms with Crippen LogP contribution in [0.3, 0.4) is 0 Å². The summed E-state index contributed by atoms with van der Waals surface area (Å²) in [5.74, 6) is -0.341. The second kappa shape index (κ2) is 36.2. The van der Waals surface area contributed by atoms with Gasteiger partial charge in [-0.3, -0.25) is 9.36 Å². The second-order valence-corrected chi connectivity index (χ2v) is 17.1. The lowest BCUT2D eigenvalue weighted by molar-refractivity contribution is -0.870. The zero-order valence-corrected chi connectivity index (χ0v) is 35.2. The van der Waals surface area contributed by atoms with Gasteiger partial charge in [0.25, 0.3) is 7.82 Å². The Hall–Kier alpha value is -0.760. The largest absolute Gasteiger partial charge is 0.756 e. The van der Waals surface area contributed by atoms with Gasteiger partial charge in [-0.2, -0.15) is 0 Å². The van der Waals surface area contributed by atoms with Gasteiger partial charge in [-0.1, -0.05) is 161 Å². The average Bonchev–Trinajstić information content (AvgIpc) is 3.08. The summed E-state index contributed by atoms with van der Waals surface area (Å²) in [6.07, 6.45) is 37.9. The smallest absolute Gasteiger partial charge is 0.306 e. The molecule has 0 rings (SSSR count). The van der Waals surface area contributed by atoms with Crippen LogP contribution < -0.4 is 4.89 Å². The number of carbonyl (C=O) groups excluding carboxylic acids is 1. The Balaban J connectivity index is 4.20. The second-order valence-electron chi connectivity index (χ2n) is 15.7. The number of nitrogens with zero attached hydrogens (tertiary/aromatic N) is 1. The van der Waals surface area contributed by atoms with Crippen molar-refractivity contribution in [1.29, 1.82) is 0 Å². The lowest BCUT2D eigenvalue weighted by Gasteiger charge is -2.28. The molecule has 8 nitrogen and oxygen atoms in total. The molecule has 0 aromatic carbocycles. The first kappa shape index (κ1) is 50.2. The molecule has 0 fully saturated rings. The minimum absolute atomic E-state index is 0.0276. The highest BCUT2D eigenvalue weighted by Gasteiger charge is 2.20. The van der Waals surface area contributed by atoms with Crippen LogP contribution in [0.15, 0.2) is 12.2 Å². The maximum Gasteiger partial charge on any atom is 0.306 e. The van der Waals surface area contributed by atoms with E-state index in [4.69, 9.17) is 18.5 Å². The number of ether oxygens (including phenoxy) is 2. The van der Waals surface area contributed by atoms with Crippen molar-refractivity contribution in [3.05, 3.63) is 12.2 Å². The van der Waals surface area contributed by atoms with Gasteiger partial charge in [-0.25, -0.2) is 0 Å². The van der Waals surface area contributed by atoms with E-state index in [1.165, 1.54) is 128 Å². The molecule has 0 aromatic heterocycles. The fourth-order valence-corrected chi connectivity index (χ4v) is 6.68. The number of quaternary nitrogens is 1. The zero-order chi connectivity index (χ0) is 37.7. The number of allylic oxidation sites excluding steroid dienone is 2. The monoisotopic (exact) mass is 746 g/mol. The highest BCUT2D eigenvalue weighted by atomic mass is 31.2. The number of phosphoric ester groups is 1. The van der Waals surface area contributed by atoms with Crippen molar-refractivity contribution in [2.45, 2.75) is 200 Å². The Morgan fingerprint density at radius 1 is 0.588 bits per heavy atom. The summed E-state index contributed by atoms with van der Waals surface area (Å²) in [6, 6.07) is 0. The van der Waals surface area contributed by atoms with Crippen molar-refractivity contribution in [3.8, 4) is 0 Å². The Labute approximate surface area is 316 Å². The van der Waals surface area contributed by atoms with Gasteiger partial charge >= 0.3 is 5.97 Å². The maximum absolute atomic E-state index is 12.6. The van der Waals surface area contributed by atoms with E-state index in [-0.39, 0.29) is 25.8 Å². The van der Waals surface area contributed by atoms with E-state index in [0.717, 1.165) is 44.9 Å². The fourth-order valence-electron chi connectivity index (χ4n) is 5.95. The van der Waals surface area contributed by atoms with Gasteiger partial charge in [-0.05, 0) is 38.5 Å². The predicted molar refractivity (Wildman–Crippen MR) is 213 cm³/mol. The van der Waals surface area contributed by atoms with Gasteiger partial charge in [-0.15, -0.1) is 0 Å². The first-order valence-corrected chi connectivity index (χ1v) is 22.9. The van der Waals surface area contributed by atoms with Crippen LogP contribution in [-0.4, -0.2) is 70.7 Å². The van der Waals surface area contributed by atoms with Gasteiger partial charge in [0.15, 0.2) is 0 Å². The third kappa shape index (κ3) is 40.3. The third-order valence-corrected chi connectivity index (χ3v) is 10.3. The van der Waals surface area contributed by atoms with Crippen LogP contribution in [0, 0.1) is 0 Å². The summed E-state index contributed by atoms with van der Waals surface area (Å²) in [5, 5.41) is 0. The van der Waals surface area contributed by atoms with Gasteiger partial charge in [0.1, 0.15) is 19.3 Å². The molecule has 0 aromatic rings. The maximum atomic E-state index is 12.6. The molecule has 2 unspecified atom stereocenters. The summed E-state index contributed by atoms with van der Waals surface area (Å²) in [5.41, 5.74) is 0. The average molecular weight is 746 g/mol. The zero-order valence-electron chi connectivity index (χ0n) is 34.3. The van der Waals surface area contributed by atoms with E-state index in [1.54, 1.807) is 0 Å². The van der Waals surface area contributed by atoms with Crippen molar-refractivity contribution in [3.63, 3.8) is 0 Å². The number of carbonyl (C=O) groups is 1. The minimum atomic E-state index is -4.52. The summed E-state index contributed by atoms with van der Waals surface area (Å²) < 4.78 is 34.5. The summed E-state index contributed by atoms with van der Waals surface area (Å²) >= 11 is 0. The Morgan fingerprint density at radius 3 is 1.53 bits per heavy atom. The normalized spacial score (nSPS) is 13.9. The van der Waals surface area contributed by atoms with E-state index in [0.29, 0.717) is 24.1 Å². The molecule has 304 valence electrons. The lowest BCUT2D eigenvalue weighted by atomic mass is 10.0. The molecule has 51 heavy (non-hydrogen) atoms. The van der Waals surface area contributed by atoms with Crippen molar-refractivity contribution >= 4 is 13.8 Å². The van der Waals surface area contributed by atoms with E-state index >= 15 is 0 Å². The van der Waals surface area contributed by atoms with Crippen molar-refractivity contribution < 1.29 is 37.3 Å². The number of hydrogen-bond acceptors (Lipinski definition) is 7. The minimum Gasteiger partial charge on any atom is -0.756 e. The highest BCUT2D eigenvalue weighted by molar-refractivity contribution is 7.45. The number of phosphoric acid groups is 1. The van der Waals surface area contributed by atoms with Crippen molar-refractivity contribution in [2.75, 3.05) is 54.1 Å². The predicted octanol–water partition coefficient (Wildman–Crippen LogP) is 11.6. The molecule has 2 atom stereocenters. The first-order valence-electron chi connectivity index (χ1n) is 21.4. The standard InChI is InChI=1S/C42H84NO7P/c1-6-8-10-12-14-16-18-20-21-22-23-24-26-28-30-32-34-37-47-39-41(40-49-51(45,46)48-38-36-43(3,4)5)50-42(44)35-33-31-29-27-25-19-17-15-13-11-9-7-2/h15,17,41H,6-14,16,18-40H2,1-5H3/b17-15-. The van der Waals surface area contributed by atoms with Gasteiger partial charge in [0.2, 0.25) is 0 Å². The third-order valence-electron chi connectivity index (χ3n) is 9.32. The molecule has 0 N–H and O–H groups in total. The van der Waals surface area contributed by atoms with Crippen molar-refractivity contribution in [1.82, 2.24) is 0 Å². The number of esters is 1. The van der Waals surface area contributed by atoms with Crippen molar-refractivity contribution in [2.24, 2.45) is 0 Å². The van der Waals surface area contributed by atoms with Gasteiger partial charge in [0, 0.05) is 13.0 Å².